The van der Waals surface area contributed by atoms with Gasteiger partial charge in [-0.05, 0) is 46.6 Å². The third-order valence-electron chi connectivity index (χ3n) is 3.90. The number of fused-ring (bicyclic) bond motifs is 1. The third kappa shape index (κ3) is 3.19. The number of ether oxygens (including phenoxy) is 2. The van der Waals surface area contributed by atoms with Crippen LogP contribution in [0.2, 0.25) is 0 Å². The van der Waals surface area contributed by atoms with Crippen LogP contribution in [0.3, 0.4) is 0 Å². The van der Waals surface area contributed by atoms with Gasteiger partial charge in [-0.2, -0.15) is 0 Å². The number of rotatable bonds is 3. The van der Waals surface area contributed by atoms with E-state index in [0.29, 0.717) is 36.4 Å². The first-order valence-electron chi connectivity index (χ1n) is 7.50. The molecule has 0 bridgehead atoms. The first-order valence-corrected chi connectivity index (χ1v) is 9.11. The number of aromatic nitrogens is 1. The van der Waals surface area contributed by atoms with E-state index in [4.69, 9.17) is 9.47 Å². The van der Waals surface area contributed by atoms with Crippen molar-refractivity contribution in [2.45, 2.75) is 13.5 Å². The van der Waals surface area contributed by atoms with Gasteiger partial charge < -0.3 is 14.6 Å². The van der Waals surface area contributed by atoms with Crippen molar-refractivity contribution in [3.8, 4) is 11.5 Å². The van der Waals surface area contributed by atoms with Gasteiger partial charge in [0.1, 0.15) is 0 Å². The second kappa shape index (κ2) is 7.08. The Labute approximate surface area is 160 Å². The molecule has 3 rings (SSSR count). The van der Waals surface area contributed by atoms with Crippen molar-refractivity contribution in [1.29, 1.82) is 0 Å². The second-order valence-corrected chi connectivity index (χ2v) is 7.37. The number of aromatic hydroxyl groups is 1. The predicted octanol–water partition coefficient (Wildman–Crippen LogP) is 1.30. The van der Waals surface area contributed by atoms with Gasteiger partial charge in [-0.25, -0.2) is 9.79 Å². The number of phenolic OH excluding ortho intramolecular Hbond substituents is 1. The topological polar surface area (TPSA) is 90.1 Å². The van der Waals surface area contributed by atoms with Gasteiger partial charge in [0.15, 0.2) is 16.3 Å². The van der Waals surface area contributed by atoms with E-state index in [1.165, 1.54) is 30.1 Å². The summed E-state index contributed by atoms with van der Waals surface area (Å²) in [5.74, 6) is -0.209. The normalized spacial score (nSPS) is 14.1. The van der Waals surface area contributed by atoms with Crippen LogP contribution in [-0.2, 0) is 16.1 Å². The summed E-state index contributed by atoms with van der Waals surface area (Å²) in [6.07, 6.45) is 1.69. The maximum absolute atomic E-state index is 12.7. The van der Waals surface area contributed by atoms with Crippen molar-refractivity contribution in [1.82, 2.24) is 4.57 Å². The minimum absolute atomic E-state index is 0.00982. The van der Waals surface area contributed by atoms with Crippen LogP contribution >= 0.6 is 27.3 Å². The molecule has 1 aliphatic rings. The molecule has 1 aliphatic heterocycles. The molecule has 0 saturated heterocycles. The van der Waals surface area contributed by atoms with Gasteiger partial charge >= 0.3 is 5.97 Å². The largest absolute Gasteiger partial charge is 0.503 e. The molecule has 1 aromatic heterocycles. The lowest BCUT2D eigenvalue weighted by Gasteiger charge is -2.11. The average molecular weight is 439 g/mol. The molecule has 26 heavy (non-hydrogen) atoms. The summed E-state index contributed by atoms with van der Waals surface area (Å²) in [5.41, 5.74) is 1.34. The predicted molar refractivity (Wildman–Crippen MR) is 100 cm³/mol. The minimum atomic E-state index is -0.493. The SMILES string of the molecule is COC(=O)C1=C(C)N=c2s/c(=C\c3cc(Br)c(O)c(OC)c3)c(=O)n2C1. The zero-order valence-corrected chi connectivity index (χ0v) is 16.6. The van der Waals surface area contributed by atoms with Gasteiger partial charge in [0.2, 0.25) is 0 Å². The number of carbonyl (C=O) groups excluding carboxylic acids is 1. The molecular formula is C17H15BrN2O5S. The number of carbonyl (C=O) groups is 1. The number of thiazole rings is 1. The molecule has 0 spiro atoms. The van der Waals surface area contributed by atoms with Crippen LogP contribution in [-0.4, -0.2) is 29.9 Å². The summed E-state index contributed by atoms with van der Waals surface area (Å²) in [5, 5.41) is 9.90. The van der Waals surface area contributed by atoms with Gasteiger partial charge in [-0.15, -0.1) is 0 Å². The molecule has 0 aliphatic carbocycles. The number of nitrogens with zero attached hydrogens (tertiary/aromatic N) is 2. The number of benzene rings is 1. The van der Waals surface area contributed by atoms with Crippen molar-refractivity contribution >= 4 is 39.3 Å². The van der Waals surface area contributed by atoms with E-state index in [2.05, 4.69) is 20.9 Å². The summed E-state index contributed by atoms with van der Waals surface area (Å²) in [6.45, 7) is 1.84. The molecular weight excluding hydrogens is 424 g/mol. The molecule has 0 unspecified atom stereocenters. The van der Waals surface area contributed by atoms with Gasteiger partial charge in [0.05, 0.1) is 41.0 Å². The number of methoxy groups -OCH3 is 2. The van der Waals surface area contributed by atoms with E-state index in [1.807, 2.05) is 0 Å². The smallest absolute Gasteiger partial charge is 0.337 e. The zero-order chi connectivity index (χ0) is 19.0. The van der Waals surface area contributed by atoms with Crippen molar-refractivity contribution < 1.29 is 19.4 Å². The van der Waals surface area contributed by atoms with Crippen LogP contribution in [0.5, 0.6) is 11.5 Å². The van der Waals surface area contributed by atoms with Crippen LogP contribution in [0, 0.1) is 0 Å². The standard InChI is InChI=1S/C17H15BrN2O5S/c1-8-10(16(23)25-3)7-20-15(22)13(26-17(20)19-8)6-9-4-11(18)14(21)12(5-9)24-2/h4-6,21H,7H2,1-3H3/b13-6-. The van der Waals surface area contributed by atoms with E-state index >= 15 is 0 Å². The summed E-state index contributed by atoms with van der Waals surface area (Å²) in [4.78, 5) is 29.4. The van der Waals surface area contributed by atoms with Crippen molar-refractivity contribution in [3.05, 3.63) is 53.1 Å². The second-order valence-electron chi connectivity index (χ2n) is 5.51. The summed E-state index contributed by atoms with van der Waals surface area (Å²) in [6, 6.07) is 3.31. The van der Waals surface area contributed by atoms with Crippen molar-refractivity contribution in [2.75, 3.05) is 14.2 Å². The molecule has 0 saturated carbocycles. The first-order chi connectivity index (χ1) is 12.3. The lowest BCUT2D eigenvalue weighted by atomic mass is 10.2. The van der Waals surface area contributed by atoms with E-state index in [9.17, 15) is 14.7 Å². The highest BCUT2D eigenvalue weighted by Gasteiger charge is 2.21. The van der Waals surface area contributed by atoms with Gasteiger partial charge in [0.25, 0.3) is 5.56 Å². The number of phenols is 1. The number of halogens is 1. The first kappa shape index (κ1) is 18.4. The molecule has 136 valence electrons. The Hall–Kier alpha value is -2.39. The molecule has 0 amide bonds. The molecule has 9 heteroatoms. The Balaban J connectivity index is 2.12. The quantitative estimate of drug-likeness (QED) is 0.729. The molecule has 0 radical (unpaired) electrons. The highest BCUT2D eigenvalue weighted by Crippen LogP contribution is 2.35. The van der Waals surface area contributed by atoms with E-state index in [0.717, 1.165) is 0 Å². The number of hydrogen-bond acceptors (Lipinski definition) is 7. The van der Waals surface area contributed by atoms with Crippen LogP contribution in [0.25, 0.3) is 6.08 Å². The highest BCUT2D eigenvalue weighted by molar-refractivity contribution is 9.10. The Bertz CT molecular complexity index is 1110. The molecule has 7 nitrogen and oxygen atoms in total. The Morgan fingerprint density at radius 2 is 2.15 bits per heavy atom. The molecule has 2 heterocycles. The summed E-state index contributed by atoms with van der Waals surface area (Å²) in [7, 11) is 2.75. The van der Waals surface area contributed by atoms with Gasteiger partial charge in [-0.1, -0.05) is 11.3 Å². The maximum Gasteiger partial charge on any atom is 0.337 e. The summed E-state index contributed by atoms with van der Waals surface area (Å²) < 4.78 is 12.2. The van der Waals surface area contributed by atoms with Crippen LogP contribution in [0.15, 0.2) is 37.7 Å². The number of hydrogen-bond donors (Lipinski definition) is 1. The third-order valence-corrected chi connectivity index (χ3v) is 5.52. The van der Waals surface area contributed by atoms with Crippen molar-refractivity contribution in [2.24, 2.45) is 4.99 Å². The van der Waals surface area contributed by atoms with Crippen molar-refractivity contribution in [3.63, 3.8) is 0 Å². The molecule has 1 N–H and O–H groups in total. The fourth-order valence-electron chi connectivity index (χ4n) is 2.53. The molecule has 0 atom stereocenters. The number of esters is 1. The van der Waals surface area contributed by atoms with E-state index in [-0.39, 0.29) is 17.9 Å². The maximum atomic E-state index is 12.7. The lowest BCUT2D eigenvalue weighted by molar-refractivity contribution is -0.136. The minimum Gasteiger partial charge on any atom is -0.503 e. The zero-order valence-electron chi connectivity index (χ0n) is 14.2. The lowest BCUT2D eigenvalue weighted by Crippen LogP contribution is -2.35. The summed E-state index contributed by atoms with van der Waals surface area (Å²) >= 11 is 4.49. The fraction of sp³-hybridized carbons (Fsp3) is 0.235. The average Bonchev–Trinajstić information content (AvgIpc) is 2.91. The Morgan fingerprint density at radius 1 is 1.42 bits per heavy atom. The Kier molecular flexibility index (Phi) is 5.01. The molecule has 2 aromatic rings. The Morgan fingerprint density at radius 3 is 2.81 bits per heavy atom. The van der Waals surface area contributed by atoms with E-state index < -0.39 is 5.97 Å². The highest BCUT2D eigenvalue weighted by atomic mass is 79.9. The number of allylic oxidation sites excluding steroid dienone is 1. The fourth-order valence-corrected chi connectivity index (χ4v) is 4.02. The van der Waals surface area contributed by atoms with E-state index in [1.54, 1.807) is 25.1 Å². The van der Waals surface area contributed by atoms with Crippen LogP contribution < -0.4 is 19.6 Å². The van der Waals surface area contributed by atoms with Crippen LogP contribution in [0.1, 0.15) is 12.5 Å². The molecule has 0 fully saturated rings. The van der Waals surface area contributed by atoms with Crippen LogP contribution in [0.4, 0.5) is 0 Å². The van der Waals surface area contributed by atoms with Gasteiger partial charge in [-0.3, -0.25) is 9.36 Å². The van der Waals surface area contributed by atoms with Gasteiger partial charge in [0, 0.05) is 0 Å². The molecule has 1 aromatic carbocycles. The monoisotopic (exact) mass is 438 g/mol.